The first kappa shape index (κ1) is 72.5. The second kappa shape index (κ2) is 60.7. The van der Waals surface area contributed by atoms with Crippen molar-refractivity contribution in [2.24, 2.45) is 5.73 Å². The lowest BCUT2D eigenvalue weighted by Crippen LogP contribution is -2.29. The van der Waals surface area contributed by atoms with E-state index in [1.165, 1.54) is 180 Å². The molecule has 436 valence electrons. The molecule has 0 saturated carbocycles. The predicted molar refractivity (Wildman–Crippen MR) is 321 cm³/mol. The van der Waals surface area contributed by atoms with Gasteiger partial charge in [0.15, 0.2) is 6.10 Å². The van der Waals surface area contributed by atoms with Crippen molar-refractivity contribution in [2.75, 3.05) is 26.4 Å². The normalized spacial score (nSPS) is 13.5. The molecule has 0 bridgehead atoms. The van der Waals surface area contributed by atoms with Gasteiger partial charge in [-0.15, -0.1) is 0 Å². The number of rotatable bonds is 59. The van der Waals surface area contributed by atoms with Crippen LogP contribution in [0.1, 0.15) is 296 Å². The summed E-state index contributed by atoms with van der Waals surface area (Å²) in [5.74, 6) is -0.822. The zero-order valence-corrected chi connectivity index (χ0v) is 49.7. The molecule has 0 radical (unpaired) electrons. The number of nitrogens with two attached hydrogens (primary N) is 1. The molecule has 0 aliphatic heterocycles. The van der Waals surface area contributed by atoms with Crippen LogP contribution < -0.4 is 5.73 Å². The van der Waals surface area contributed by atoms with E-state index < -0.39 is 26.5 Å². The first-order chi connectivity index (χ1) is 36.8. The lowest BCUT2D eigenvalue weighted by molar-refractivity contribution is -0.161. The first-order valence-corrected chi connectivity index (χ1v) is 32.9. The lowest BCUT2D eigenvalue weighted by Gasteiger charge is -2.19. The van der Waals surface area contributed by atoms with Gasteiger partial charge in [-0.3, -0.25) is 18.6 Å². The van der Waals surface area contributed by atoms with Crippen LogP contribution in [0.5, 0.6) is 0 Å². The van der Waals surface area contributed by atoms with Crippen molar-refractivity contribution < 1.29 is 37.6 Å². The van der Waals surface area contributed by atoms with E-state index in [1.54, 1.807) is 0 Å². The molecule has 0 aromatic heterocycles. The molecule has 0 fully saturated rings. The van der Waals surface area contributed by atoms with E-state index in [4.69, 9.17) is 24.3 Å². The highest BCUT2D eigenvalue weighted by atomic mass is 31.2. The Labute approximate surface area is 462 Å². The predicted octanol–water partition coefficient (Wildman–Crippen LogP) is 20.1. The number of carbonyl (C=O) groups is 2. The van der Waals surface area contributed by atoms with Crippen LogP contribution in [0.25, 0.3) is 0 Å². The number of ether oxygens (including phenoxy) is 2. The van der Waals surface area contributed by atoms with E-state index >= 15 is 0 Å². The number of hydrogen-bond acceptors (Lipinski definition) is 8. The van der Waals surface area contributed by atoms with Crippen LogP contribution >= 0.6 is 7.82 Å². The average Bonchev–Trinajstić information content (AvgIpc) is 3.40. The van der Waals surface area contributed by atoms with Gasteiger partial charge in [0.2, 0.25) is 0 Å². The quantitative estimate of drug-likeness (QED) is 0.0264. The van der Waals surface area contributed by atoms with Crippen molar-refractivity contribution in [3.8, 4) is 0 Å². The van der Waals surface area contributed by atoms with Crippen molar-refractivity contribution in [3.05, 3.63) is 72.9 Å². The summed E-state index contributed by atoms with van der Waals surface area (Å²) < 4.78 is 33.1. The number of phosphoric ester groups is 1. The molecule has 0 saturated heterocycles. The number of carbonyl (C=O) groups excluding carboxylic acids is 2. The molecule has 0 amide bonds. The van der Waals surface area contributed by atoms with Gasteiger partial charge >= 0.3 is 19.8 Å². The number of esters is 2. The molecule has 10 heteroatoms. The Morgan fingerprint density at radius 1 is 0.413 bits per heavy atom. The van der Waals surface area contributed by atoms with Gasteiger partial charge in [-0.1, -0.05) is 292 Å². The summed E-state index contributed by atoms with van der Waals surface area (Å²) in [6, 6.07) is 0. The maximum absolute atomic E-state index is 12.7. The van der Waals surface area contributed by atoms with Crippen molar-refractivity contribution in [1.29, 1.82) is 0 Å². The topological polar surface area (TPSA) is 134 Å². The highest BCUT2D eigenvalue weighted by Gasteiger charge is 2.26. The van der Waals surface area contributed by atoms with Crippen LogP contribution in [0.15, 0.2) is 72.9 Å². The molecule has 0 aromatic rings. The number of unbranched alkanes of at least 4 members (excludes halogenated alkanes) is 34. The first-order valence-electron chi connectivity index (χ1n) is 31.4. The molecule has 0 aliphatic rings. The summed E-state index contributed by atoms with van der Waals surface area (Å²) >= 11 is 0. The average molecular weight is 1070 g/mol. The summed E-state index contributed by atoms with van der Waals surface area (Å²) in [6.45, 7) is 3.67. The Kier molecular flexibility index (Phi) is 58.6. The highest BCUT2D eigenvalue weighted by Crippen LogP contribution is 2.43. The van der Waals surface area contributed by atoms with Crippen LogP contribution in [0.3, 0.4) is 0 Å². The van der Waals surface area contributed by atoms with Gasteiger partial charge in [-0.25, -0.2) is 4.57 Å². The Morgan fingerprint density at radius 2 is 0.733 bits per heavy atom. The van der Waals surface area contributed by atoms with Crippen LogP contribution in [0, 0.1) is 0 Å². The molecule has 0 spiro atoms. The van der Waals surface area contributed by atoms with Gasteiger partial charge in [0, 0.05) is 19.4 Å². The van der Waals surface area contributed by atoms with Crippen LogP contribution in [-0.2, 0) is 32.7 Å². The standard InChI is InChI=1S/C65H118NO8P/c1-3-5-7-9-11-13-15-17-19-21-23-25-27-29-30-31-32-34-36-38-40-42-44-46-48-50-52-54-56-58-65(68)74-63(62-73-75(69,70)72-60-59-66)61-71-64(67)57-55-53-51-49-47-45-43-41-39-37-35-33-28-26-24-22-20-18-16-14-12-10-8-6-4-2/h5,7,11,13,17,19,23,25,29-30,32,34,63H,3-4,6,8-10,12,14-16,18,20-22,24,26-28,31,33,35-62,66H2,1-2H3,(H,69,70)/b7-5-,13-11-,19-17-,25-23-,30-29-,34-32-. The molecule has 0 heterocycles. The number of allylic oxidation sites excluding steroid dienone is 12. The third kappa shape index (κ3) is 60.5. The van der Waals surface area contributed by atoms with E-state index in [0.717, 1.165) is 83.5 Å². The second-order valence-electron chi connectivity index (χ2n) is 20.9. The van der Waals surface area contributed by atoms with Gasteiger partial charge in [-0.05, 0) is 64.2 Å². The Hall–Kier alpha value is -2.55. The van der Waals surface area contributed by atoms with Gasteiger partial charge in [0.05, 0.1) is 13.2 Å². The molecule has 9 nitrogen and oxygen atoms in total. The van der Waals surface area contributed by atoms with Crippen LogP contribution in [0.4, 0.5) is 0 Å². The van der Waals surface area contributed by atoms with E-state index in [2.05, 4.69) is 86.8 Å². The Bertz CT molecular complexity index is 1460. The van der Waals surface area contributed by atoms with Gasteiger partial charge < -0.3 is 20.1 Å². The highest BCUT2D eigenvalue weighted by molar-refractivity contribution is 7.47. The Balaban J connectivity index is 3.94. The molecular formula is C65H118NO8P. The van der Waals surface area contributed by atoms with Crippen LogP contribution in [-0.4, -0.2) is 49.3 Å². The SMILES string of the molecule is CC/C=C\C/C=C\C/C=C\C/C=C\C/C=C\C/C=C\CCCCCCCCCCCCC(=O)OC(COC(=O)CCCCCCCCCCCCCCCCCCCCCCCCCCC)COP(=O)(O)OCCN. The third-order valence-corrected chi connectivity index (χ3v) is 14.6. The van der Waals surface area contributed by atoms with Crippen molar-refractivity contribution in [3.63, 3.8) is 0 Å². The fourth-order valence-electron chi connectivity index (χ4n) is 9.00. The summed E-state index contributed by atoms with van der Waals surface area (Å²) in [4.78, 5) is 35.3. The fourth-order valence-corrected chi connectivity index (χ4v) is 9.76. The van der Waals surface area contributed by atoms with E-state index in [1.807, 2.05) is 0 Å². The third-order valence-electron chi connectivity index (χ3n) is 13.6. The van der Waals surface area contributed by atoms with E-state index in [9.17, 15) is 19.0 Å². The summed E-state index contributed by atoms with van der Waals surface area (Å²) in [7, 11) is -4.39. The second-order valence-corrected chi connectivity index (χ2v) is 22.4. The number of phosphoric acid groups is 1. The summed E-state index contributed by atoms with van der Waals surface area (Å²) in [6.07, 6.45) is 78.2. The van der Waals surface area contributed by atoms with Crippen molar-refractivity contribution >= 4 is 19.8 Å². The largest absolute Gasteiger partial charge is 0.472 e. The summed E-state index contributed by atoms with van der Waals surface area (Å²) in [5, 5.41) is 0. The number of hydrogen-bond donors (Lipinski definition) is 2. The molecule has 2 unspecified atom stereocenters. The summed E-state index contributed by atoms with van der Waals surface area (Å²) in [5.41, 5.74) is 5.39. The molecule has 0 rings (SSSR count). The maximum atomic E-state index is 12.7. The van der Waals surface area contributed by atoms with E-state index in [-0.39, 0.29) is 38.6 Å². The fraction of sp³-hybridized carbons (Fsp3) is 0.785. The molecule has 3 N–H and O–H groups in total. The minimum absolute atomic E-state index is 0.0515. The lowest BCUT2D eigenvalue weighted by atomic mass is 10.0. The molecule has 0 aliphatic carbocycles. The van der Waals surface area contributed by atoms with Crippen LogP contribution in [0.2, 0.25) is 0 Å². The van der Waals surface area contributed by atoms with Crippen molar-refractivity contribution in [1.82, 2.24) is 0 Å². The van der Waals surface area contributed by atoms with Gasteiger partial charge in [0.25, 0.3) is 0 Å². The monoisotopic (exact) mass is 1070 g/mol. The zero-order chi connectivity index (χ0) is 54.5. The minimum Gasteiger partial charge on any atom is -0.462 e. The Morgan fingerprint density at radius 3 is 1.09 bits per heavy atom. The van der Waals surface area contributed by atoms with Gasteiger partial charge in [-0.2, -0.15) is 0 Å². The molecular weight excluding hydrogens is 954 g/mol. The van der Waals surface area contributed by atoms with Gasteiger partial charge in [0.1, 0.15) is 6.61 Å². The zero-order valence-electron chi connectivity index (χ0n) is 48.8. The molecule has 2 atom stereocenters. The van der Waals surface area contributed by atoms with E-state index in [0.29, 0.717) is 6.42 Å². The molecule has 0 aromatic carbocycles. The smallest absolute Gasteiger partial charge is 0.462 e. The maximum Gasteiger partial charge on any atom is 0.472 e. The van der Waals surface area contributed by atoms with Crippen molar-refractivity contribution in [2.45, 2.75) is 302 Å². The molecule has 75 heavy (non-hydrogen) atoms. The minimum atomic E-state index is -4.39.